The van der Waals surface area contributed by atoms with Gasteiger partial charge in [0.2, 0.25) is 0 Å². The summed E-state index contributed by atoms with van der Waals surface area (Å²) in [6, 6.07) is 14.3. The van der Waals surface area contributed by atoms with Crippen molar-refractivity contribution in [1.29, 1.82) is 5.26 Å². The van der Waals surface area contributed by atoms with Gasteiger partial charge in [0.15, 0.2) is 0 Å². The average molecular weight is 286 g/mol. The molecule has 1 unspecified atom stereocenters. The van der Waals surface area contributed by atoms with Crippen LogP contribution in [-0.4, -0.2) is 18.3 Å². The Labute approximate surface area is 123 Å². The van der Waals surface area contributed by atoms with E-state index in [2.05, 4.69) is 23.5 Å². The first-order valence-corrected chi connectivity index (χ1v) is 7.55. The maximum atomic E-state index is 9.19. The Kier molecular flexibility index (Phi) is 5.75. The van der Waals surface area contributed by atoms with Crippen molar-refractivity contribution in [3.05, 3.63) is 57.8 Å². The molecule has 1 aromatic heterocycles. The number of hydrogen-bond acceptors (Lipinski definition) is 4. The van der Waals surface area contributed by atoms with E-state index in [0.717, 1.165) is 30.0 Å². The number of aliphatic hydroxyl groups excluding tert-OH is 1. The van der Waals surface area contributed by atoms with Gasteiger partial charge in [-0.3, -0.25) is 0 Å². The smallest absolute Gasteiger partial charge is 0.100 e. The van der Waals surface area contributed by atoms with E-state index in [1.165, 1.54) is 5.56 Å². The van der Waals surface area contributed by atoms with Crippen LogP contribution in [0.1, 0.15) is 28.3 Å². The minimum Gasteiger partial charge on any atom is -0.396 e. The van der Waals surface area contributed by atoms with E-state index >= 15 is 0 Å². The zero-order chi connectivity index (χ0) is 14.2. The first kappa shape index (κ1) is 14.7. The highest BCUT2D eigenvalue weighted by atomic mass is 32.1. The van der Waals surface area contributed by atoms with Gasteiger partial charge in [-0.1, -0.05) is 30.3 Å². The third kappa shape index (κ3) is 4.17. The molecule has 0 bridgehead atoms. The molecule has 2 rings (SSSR count). The largest absolute Gasteiger partial charge is 0.396 e. The fourth-order valence-electron chi connectivity index (χ4n) is 2.17. The predicted molar refractivity (Wildman–Crippen MR) is 81.6 cm³/mol. The third-order valence-electron chi connectivity index (χ3n) is 3.22. The van der Waals surface area contributed by atoms with E-state index in [1.807, 2.05) is 29.6 Å². The standard InChI is InChI=1S/C16H18N2OS/c17-9-13-8-16(20-12-13)11-18-10-15(6-7-19)14-4-2-1-3-5-14/h1-5,8,12,15,18-19H,6-7,10-11H2. The van der Waals surface area contributed by atoms with Crippen LogP contribution in [-0.2, 0) is 6.54 Å². The minimum atomic E-state index is 0.193. The van der Waals surface area contributed by atoms with Gasteiger partial charge >= 0.3 is 0 Å². The van der Waals surface area contributed by atoms with Crippen molar-refractivity contribution in [2.24, 2.45) is 0 Å². The normalized spacial score (nSPS) is 12.0. The van der Waals surface area contributed by atoms with Gasteiger partial charge in [-0.05, 0) is 24.0 Å². The fraction of sp³-hybridized carbons (Fsp3) is 0.312. The van der Waals surface area contributed by atoms with E-state index in [1.54, 1.807) is 11.3 Å². The molecule has 0 amide bonds. The number of nitrogens with one attached hydrogen (secondary N) is 1. The van der Waals surface area contributed by atoms with E-state index in [0.29, 0.717) is 5.92 Å². The van der Waals surface area contributed by atoms with Crippen LogP contribution >= 0.6 is 11.3 Å². The minimum absolute atomic E-state index is 0.193. The lowest BCUT2D eigenvalue weighted by Crippen LogP contribution is -2.21. The summed E-state index contributed by atoms with van der Waals surface area (Å²) >= 11 is 1.60. The lowest BCUT2D eigenvalue weighted by molar-refractivity contribution is 0.273. The topological polar surface area (TPSA) is 56.0 Å². The van der Waals surface area contributed by atoms with Crippen LogP contribution in [0.4, 0.5) is 0 Å². The number of benzene rings is 1. The summed E-state index contributed by atoms with van der Waals surface area (Å²) in [6.45, 7) is 1.78. The van der Waals surface area contributed by atoms with Crippen molar-refractivity contribution in [2.45, 2.75) is 18.9 Å². The quantitative estimate of drug-likeness (QED) is 0.823. The molecule has 2 aromatic rings. The van der Waals surface area contributed by atoms with Crippen LogP contribution in [0, 0.1) is 11.3 Å². The molecule has 0 spiro atoms. The Morgan fingerprint density at radius 1 is 1.30 bits per heavy atom. The number of nitriles is 1. The van der Waals surface area contributed by atoms with Crippen LogP contribution in [0.2, 0.25) is 0 Å². The second-order valence-corrected chi connectivity index (χ2v) is 5.66. The highest BCUT2D eigenvalue weighted by Gasteiger charge is 2.10. The Bertz CT molecular complexity index is 559. The maximum Gasteiger partial charge on any atom is 0.100 e. The lowest BCUT2D eigenvalue weighted by atomic mass is 9.96. The molecule has 3 nitrogen and oxygen atoms in total. The molecule has 0 aliphatic rings. The van der Waals surface area contributed by atoms with Crippen molar-refractivity contribution in [2.75, 3.05) is 13.2 Å². The molecule has 2 N–H and O–H groups in total. The number of rotatable bonds is 7. The molecule has 0 radical (unpaired) electrons. The highest BCUT2D eigenvalue weighted by molar-refractivity contribution is 7.10. The predicted octanol–water partition coefficient (Wildman–Crippen LogP) is 2.88. The molecule has 20 heavy (non-hydrogen) atoms. The van der Waals surface area contributed by atoms with E-state index < -0.39 is 0 Å². The first-order chi connectivity index (χ1) is 9.83. The maximum absolute atomic E-state index is 9.19. The van der Waals surface area contributed by atoms with E-state index in [-0.39, 0.29) is 6.61 Å². The van der Waals surface area contributed by atoms with Gasteiger partial charge in [0, 0.05) is 30.0 Å². The first-order valence-electron chi connectivity index (χ1n) is 6.67. The molecule has 0 aliphatic heterocycles. The summed E-state index contributed by atoms with van der Waals surface area (Å²) < 4.78 is 0. The van der Waals surface area contributed by atoms with Crippen LogP contribution in [0.5, 0.6) is 0 Å². The lowest BCUT2D eigenvalue weighted by Gasteiger charge is -2.16. The van der Waals surface area contributed by atoms with Gasteiger partial charge in [0.25, 0.3) is 0 Å². The van der Waals surface area contributed by atoms with Crippen LogP contribution < -0.4 is 5.32 Å². The summed E-state index contributed by atoms with van der Waals surface area (Å²) in [6.07, 6.45) is 0.755. The van der Waals surface area contributed by atoms with Crippen molar-refractivity contribution >= 4 is 11.3 Å². The molecule has 0 saturated carbocycles. The van der Waals surface area contributed by atoms with Crippen molar-refractivity contribution in [1.82, 2.24) is 5.32 Å². The Hall–Kier alpha value is -1.67. The molecule has 0 fully saturated rings. The Balaban J connectivity index is 1.88. The zero-order valence-corrected chi connectivity index (χ0v) is 12.1. The monoisotopic (exact) mass is 286 g/mol. The van der Waals surface area contributed by atoms with Gasteiger partial charge < -0.3 is 10.4 Å². The van der Waals surface area contributed by atoms with Crippen molar-refractivity contribution in [3.63, 3.8) is 0 Å². The molecular formula is C16H18N2OS. The SMILES string of the molecule is N#Cc1csc(CNCC(CCO)c2ccccc2)c1. The van der Waals surface area contributed by atoms with E-state index in [9.17, 15) is 5.11 Å². The van der Waals surface area contributed by atoms with Crippen LogP contribution in [0.25, 0.3) is 0 Å². The van der Waals surface area contributed by atoms with Gasteiger partial charge in [-0.2, -0.15) is 5.26 Å². The van der Waals surface area contributed by atoms with Gasteiger partial charge in [-0.15, -0.1) is 11.3 Å². The number of nitrogens with zero attached hydrogens (tertiary/aromatic N) is 1. The highest BCUT2D eigenvalue weighted by Crippen LogP contribution is 2.19. The van der Waals surface area contributed by atoms with Gasteiger partial charge in [-0.25, -0.2) is 0 Å². The molecular weight excluding hydrogens is 268 g/mol. The molecule has 0 aliphatic carbocycles. The summed E-state index contributed by atoms with van der Waals surface area (Å²) in [7, 11) is 0. The summed E-state index contributed by atoms with van der Waals surface area (Å²) in [4.78, 5) is 1.16. The molecule has 1 heterocycles. The van der Waals surface area contributed by atoms with E-state index in [4.69, 9.17) is 5.26 Å². The fourth-order valence-corrected chi connectivity index (χ4v) is 2.95. The number of aliphatic hydroxyl groups is 1. The summed E-state index contributed by atoms with van der Waals surface area (Å²) in [5.74, 6) is 0.316. The second kappa shape index (κ2) is 7.81. The number of thiophene rings is 1. The Morgan fingerprint density at radius 2 is 2.10 bits per heavy atom. The van der Waals surface area contributed by atoms with Crippen molar-refractivity contribution in [3.8, 4) is 6.07 Å². The van der Waals surface area contributed by atoms with Gasteiger partial charge in [0.1, 0.15) is 6.07 Å². The number of hydrogen-bond donors (Lipinski definition) is 2. The molecule has 4 heteroatoms. The van der Waals surface area contributed by atoms with Crippen LogP contribution in [0.15, 0.2) is 41.8 Å². The zero-order valence-electron chi connectivity index (χ0n) is 11.2. The molecule has 1 aromatic carbocycles. The third-order valence-corrected chi connectivity index (χ3v) is 4.16. The van der Waals surface area contributed by atoms with Crippen molar-refractivity contribution < 1.29 is 5.11 Å². The molecule has 0 saturated heterocycles. The summed E-state index contributed by atoms with van der Waals surface area (Å²) in [5, 5.41) is 23.3. The Morgan fingerprint density at radius 3 is 2.75 bits per heavy atom. The second-order valence-electron chi connectivity index (χ2n) is 4.66. The summed E-state index contributed by atoms with van der Waals surface area (Å²) in [5.41, 5.74) is 1.97. The molecule has 1 atom stereocenters. The van der Waals surface area contributed by atoms with Gasteiger partial charge in [0.05, 0.1) is 5.56 Å². The average Bonchev–Trinajstić information content (AvgIpc) is 2.95. The van der Waals surface area contributed by atoms with Crippen LogP contribution in [0.3, 0.4) is 0 Å². The molecule has 104 valence electrons.